The molecule has 0 amide bonds. The zero-order valence-corrected chi connectivity index (χ0v) is 13.1. The normalized spacial score (nSPS) is 12.6. The van der Waals surface area contributed by atoms with Crippen LogP contribution in [0.3, 0.4) is 0 Å². The van der Waals surface area contributed by atoms with Crippen LogP contribution in [0.1, 0.15) is 21.7 Å². The molecule has 0 aromatic carbocycles. The summed E-state index contributed by atoms with van der Waals surface area (Å²) in [5.74, 6) is -0.585. The minimum atomic E-state index is -1.07. The maximum Gasteiger partial charge on any atom is 0.353 e. The highest BCUT2D eigenvalue weighted by Gasteiger charge is 2.19. The van der Waals surface area contributed by atoms with Crippen molar-refractivity contribution < 1.29 is 9.90 Å². The number of hydrogen-bond donors (Lipinski definition) is 3. The number of carbonyl (C=O) groups is 1. The molecule has 8 nitrogen and oxygen atoms in total. The minimum absolute atomic E-state index is 0.0303. The van der Waals surface area contributed by atoms with Gasteiger partial charge in [0.15, 0.2) is 0 Å². The van der Waals surface area contributed by atoms with Gasteiger partial charge in [0.05, 0.1) is 34.0 Å². The second kappa shape index (κ2) is 5.13. The molecule has 0 spiro atoms. The summed E-state index contributed by atoms with van der Waals surface area (Å²) in [4.78, 5) is 30.8. The van der Waals surface area contributed by atoms with Gasteiger partial charge in [0.1, 0.15) is 23.5 Å². The molecular weight excluding hydrogens is 364 g/mol. The van der Waals surface area contributed by atoms with E-state index in [2.05, 4.69) is 46.2 Å². The van der Waals surface area contributed by atoms with Crippen LogP contribution in [0.2, 0.25) is 0 Å². The van der Waals surface area contributed by atoms with Crippen LogP contribution in [0.4, 0.5) is 11.5 Å². The fourth-order valence-electron chi connectivity index (χ4n) is 2.42. The third-order valence-corrected chi connectivity index (χ3v) is 4.27. The van der Waals surface area contributed by atoms with Crippen LogP contribution in [-0.4, -0.2) is 37.2 Å². The average Bonchev–Trinajstić information content (AvgIpc) is 3.12. The Kier molecular flexibility index (Phi) is 3.08. The summed E-state index contributed by atoms with van der Waals surface area (Å²) in [5, 5.41) is 12.9. The molecule has 114 valence electrons. The maximum absolute atomic E-state index is 11.2. The van der Waals surface area contributed by atoms with Crippen LogP contribution in [0.5, 0.6) is 0 Å². The summed E-state index contributed by atoms with van der Waals surface area (Å²) in [6, 6.07) is 1.92. The SMILES string of the molecule is O=C(O)c1[nH]c2ncnc(Nc3cnc4c(c3)C=NC4)c2c1Br. The summed E-state index contributed by atoms with van der Waals surface area (Å²) in [7, 11) is 0. The lowest BCUT2D eigenvalue weighted by molar-refractivity contribution is 0.0690. The highest BCUT2D eigenvalue weighted by Crippen LogP contribution is 2.33. The number of nitrogens with zero attached hydrogens (tertiary/aromatic N) is 4. The Balaban J connectivity index is 1.80. The van der Waals surface area contributed by atoms with Gasteiger partial charge in [-0.05, 0) is 22.0 Å². The van der Waals surface area contributed by atoms with Gasteiger partial charge in [0.25, 0.3) is 0 Å². The molecule has 0 fully saturated rings. The number of pyridine rings is 1. The van der Waals surface area contributed by atoms with Crippen molar-refractivity contribution >= 4 is 50.7 Å². The van der Waals surface area contributed by atoms with Crippen molar-refractivity contribution in [2.24, 2.45) is 4.99 Å². The van der Waals surface area contributed by atoms with E-state index in [-0.39, 0.29) is 5.69 Å². The largest absolute Gasteiger partial charge is 0.477 e. The predicted octanol–water partition coefficient (Wildman–Crippen LogP) is 2.49. The Labute approximate surface area is 137 Å². The number of fused-ring (bicyclic) bond motifs is 2. The first kappa shape index (κ1) is 13.8. The van der Waals surface area contributed by atoms with Gasteiger partial charge in [-0.25, -0.2) is 14.8 Å². The molecule has 4 rings (SSSR count). The monoisotopic (exact) mass is 372 g/mol. The van der Waals surface area contributed by atoms with Crippen molar-refractivity contribution in [2.75, 3.05) is 5.32 Å². The number of halogens is 1. The van der Waals surface area contributed by atoms with Crippen molar-refractivity contribution in [3.05, 3.63) is 40.0 Å². The van der Waals surface area contributed by atoms with Crippen LogP contribution >= 0.6 is 15.9 Å². The van der Waals surface area contributed by atoms with Crippen molar-refractivity contribution in [2.45, 2.75) is 6.54 Å². The number of aliphatic imine (C=N–C) groups is 1. The van der Waals surface area contributed by atoms with Crippen molar-refractivity contribution in [1.29, 1.82) is 0 Å². The molecule has 0 aliphatic carbocycles. The van der Waals surface area contributed by atoms with E-state index in [4.69, 9.17) is 0 Å². The molecule has 1 aliphatic heterocycles. The highest BCUT2D eigenvalue weighted by molar-refractivity contribution is 9.10. The van der Waals surface area contributed by atoms with Gasteiger partial charge < -0.3 is 15.4 Å². The maximum atomic E-state index is 11.2. The van der Waals surface area contributed by atoms with E-state index >= 15 is 0 Å². The van der Waals surface area contributed by atoms with Crippen molar-refractivity contribution in [3.8, 4) is 0 Å². The highest BCUT2D eigenvalue weighted by atomic mass is 79.9. The lowest BCUT2D eigenvalue weighted by Gasteiger charge is -2.07. The number of rotatable bonds is 3. The van der Waals surface area contributed by atoms with Crippen molar-refractivity contribution in [3.63, 3.8) is 0 Å². The Morgan fingerprint density at radius 2 is 2.22 bits per heavy atom. The van der Waals surface area contributed by atoms with Crippen LogP contribution in [0, 0.1) is 0 Å². The number of carboxylic acid groups (broad SMARTS) is 1. The zero-order chi connectivity index (χ0) is 16.0. The number of carboxylic acids is 1. The zero-order valence-electron chi connectivity index (χ0n) is 11.5. The molecule has 3 aromatic heterocycles. The summed E-state index contributed by atoms with van der Waals surface area (Å²) >= 11 is 3.30. The summed E-state index contributed by atoms with van der Waals surface area (Å²) < 4.78 is 0.402. The predicted molar refractivity (Wildman–Crippen MR) is 87.4 cm³/mol. The molecule has 1 aliphatic rings. The molecule has 0 saturated carbocycles. The molecule has 0 atom stereocenters. The number of aromatic amines is 1. The minimum Gasteiger partial charge on any atom is -0.477 e. The van der Waals surface area contributed by atoms with Crippen LogP contribution < -0.4 is 5.32 Å². The third-order valence-electron chi connectivity index (χ3n) is 3.48. The van der Waals surface area contributed by atoms with E-state index in [1.807, 2.05) is 6.07 Å². The van der Waals surface area contributed by atoms with E-state index in [1.165, 1.54) is 6.33 Å². The summed E-state index contributed by atoms with van der Waals surface area (Å²) in [5.41, 5.74) is 3.09. The molecular formula is C14H9BrN6O2. The second-order valence-electron chi connectivity index (χ2n) is 4.92. The number of aromatic nitrogens is 4. The van der Waals surface area contributed by atoms with E-state index in [1.54, 1.807) is 12.4 Å². The number of anilines is 2. The lowest BCUT2D eigenvalue weighted by Crippen LogP contribution is -1.98. The number of aromatic carboxylic acids is 1. The molecule has 9 heteroatoms. The lowest BCUT2D eigenvalue weighted by atomic mass is 10.2. The van der Waals surface area contributed by atoms with Gasteiger partial charge in [-0.15, -0.1) is 0 Å². The van der Waals surface area contributed by atoms with Gasteiger partial charge in [0, 0.05) is 11.8 Å². The van der Waals surface area contributed by atoms with E-state index in [0.29, 0.717) is 27.9 Å². The first-order valence-corrected chi connectivity index (χ1v) is 7.44. The molecule has 0 bridgehead atoms. The van der Waals surface area contributed by atoms with Crippen LogP contribution in [0.15, 0.2) is 28.1 Å². The van der Waals surface area contributed by atoms with Gasteiger partial charge in [-0.2, -0.15) is 0 Å². The van der Waals surface area contributed by atoms with Gasteiger partial charge in [-0.3, -0.25) is 9.98 Å². The summed E-state index contributed by atoms with van der Waals surface area (Å²) in [6.07, 6.45) is 4.83. The van der Waals surface area contributed by atoms with Gasteiger partial charge in [-0.1, -0.05) is 0 Å². The molecule has 0 unspecified atom stereocenters. The fraction of sp³-hybridized carbons (Fsp3) is 0.0714. The topological polar surface area (TPSA) is 116 Å². The van der Waals surface area contributed by atoms with E-state index in [9.17, 15) is 9.90 Å². The summed E-state index contributed by atoms with van der Waals surface area (Å²) in [6.45, 7) is 0.596. The third kappa shape index (κ3) is 2.25. The molecule has 3 N–H and O–H groups in total. The van der Waals surface area contributed by atoms with Crippen LogP contribution in [-0.2, 0) is 6.54 Å². The number of hydrogen-bond acceptors (Lipinski definition) is 6. The van der Waals surface area contributed by atoms with Crippen molar-refractivity contribution in [1.82, 2.24) is 19.9 Å². The Morgan fingerprint density at radius 1 is 1.35 bits per heavy atom. The average molecular weight is 373 g/mol. The quantitative estimate of drug-likeness (QED) is 0.650. The smallest absolute Gasteiger partial charge is 0.353 e. The van der Waals surface area contributed by atoms with Crippen LogP contribution in [0.25, 0.3) is 11.0 Å². The number of nitrogens with one attached hydrogen (secondary N) is 2. The van der Waals surface area contributed by atoms with Gasteiger partial charge >= 0.3 is 5.97 Å². The van der Waals surface area contributed by atoms with E-state index < -0.39 is 5.97 Å². The molecule has 0 radical (unpaired) electrons. The molecule has 3 aromatic rings. The van der Waals surface area contributed by atoms with E-state index in [0.717, 1.165) is 16.9 Å². The fourth-order valence-corrected chi connectivity index (χ4v) is 3.06. The molecule has 23 heavy (non-hydrogen) atoms. The second-order valence-corrected chi connectivity index (χ2v) is 5.71. The first-order chi connectivity index (χ1) is 11.1. The Hall–Kier alpha value is -2.81. The Bertz CT molecular complexity index is 981. The molecule has 4 heterocycles. The Morgan fingerprint density at radius 3 is 3.04 bits per heavy atom. The number of H-pyrrole nitrogens is 1. The van der Waals surface area contributed by atoms with Gasteiger partial charge in [0.2, 0.25) is 0 Å². The molecule has 0 saturated heterocycles. The first-order valence-electron chi connectivity index (χ1n) is 6.64. The standard InChI is InChI=1S/C14H9BrN6O2/c15-10-9-12(18-5-19-13(9)21-11(10)14(22)23)20-7-1-6-2-16-4-8(6)17-3-7/h1-3,5H,4H2,(H,22,23)(H2,18,19,20,21).